The highest BCUT2D eigenvalue weighted by atomic mass is 16.2. The standard InChI is InChI=1S/C13H21N3O/c1-3-5-11(4-2)15-13(17)16-12-8-6-10(14)7-9-12/h6-9,11H,3-5,14H2,1-2H3,(H2,15,16,17). The summed E-state index contributed by atoms with van der Waals surface area (Å²) in [6.07, 6.45) is 3.02. The molecule has 2 amide bonds. The molecule has 0 radical (unpaired) electrons. The van der Waals surface area contributed by atoms with Gasteiger partial charge >= 0.3 is 6.03 Å². The maximum absolute atomic E-state index is 11.7. The normalized spacial score (nSPS) is 11.9. The zero-order chi connectivity index (χ0) is 12.7. The molecule has 4 nitrogen and oxygen atoms in total. The second-order valence-corrected chi connectivity index (χ2v) is 4.11. The van der Waals surface area contributed by atoms with Crippen LogP contribution in [0, 0.1) is 0 Å². The van der Waals surface area contributed by atoms with Gasteiger partial charge in [-0.15, -0.1) is 0 Å². The molecule has 0 heterocycles. The molecule has 1 atom stereocenters. The summed E-state index contributed by atoms with van der Waals surface area (Å²) >= 11 is 0. The molecule has 17 heavy (non-hydrogen) atoms. The predicted octanol–water partition coefficient (Wildman–Crippen LogP) is 2.97. The van der Waals surface area contributed by atoms with Gasteiger partial charge < -0.3 is 16.4 Å². The summed E-state index contributed by atoms with van der Waals surface area (Å²) in [6.45, 7) is 4.19. The van der Waals surface area contributed by atoms with E-state index in [9.17, 15) is 4.79 Å². The largest absolute Gasteiger partial charge is 0.399 e. The van der Waals surface area contributed by atoms with Gasteiger partial charge in [0, 0.05) is 17.4 Å². The third kappa shape index (κ3) is 4.76. The first-order chi connectivity index (χ1) is 8.15. The van der Waals surface area contributed by atoms with Crippen LogP contribution in [0.25, 0.3) is 0 Å². The SMILES string of the molecule is CCCC(CC)NC(=O)Nc1ccc(N)cc1. The van der Waals surface area contributed by atoms with E-state index in [0.717, 1.165) is 24.9 Å². The number of amides is 2. The fourth-order valence-electron chi connectivity index (χ4n) is 1.65. The summed E-state index contributed by atoms with van der Waals surface area (Å²) in [7, 11) is 0. The van der Waals surface area contributed by atoms with Crippen molar-refractivity contribution < 1.29 is 4.79 Å². The smallest absolute Gasteiger partial charge is 0.319 e. The van der Waals surface area contributed by atoms with E-state index >= 15 is 0 Å². The zero-order valence-corrected chi connectivity index (χ0v) is 10.5. The van der Waals surface area contributed by atoms with E-state index in [2.05, 4.69) is 24.5 Å². The number of hydrogen-bond donors (Lipinski definition) is 3. The highest BCUT2D eigenvalue weighted by Crippen LogP contribution is 2.10. The summed E-state index contributed by atoms with van der Waals surface area (Å²) in [5, 5.41) is 5.74. The van der Waals surface area contributed by atoms with Crippen LogP contribution in [0.3, 0.4) is 0 Å². The molecule has 0 aliphatic heterocycles. The first-order valence-corrected chi connectivity index (χ1v) is 6.08. The van der Waals surface area contributed by atoms with Gasteiger partial charge in [-0.2, -0.15) is 0 Å². The fourth-order valence-corrected chi connectivity index (χ4v) is 1.65. The third-order valence-electron chi connectivity index (χ3n) is 2.63. The first kappa shape index (κ1) is 13.4. The minimum atomic E-state index is -0.157. The molecule has 0 bridgehead atoms. The Hall–Kier alpha value is -1.71. The van der Waals surface area contributed by atoms with Gasteiger partial charge in [-0.1, -0.05) is 20.3 Å². The van der Waals surface area contributed by atoms with Crippen LogP contribution in [0.5, 0.6) is 0 Å². The molecule has 0 saturated heterocycles. The Morgan fingerprint density at radius 2 is 1.94 bits per heavy atom. The van der Waals surface area contributed by atoms with Gasteiger partial charge in [0.2, 0.25) is 0 Å². The molecule has 1 aromatic rings. The van der Waals surface area contributed by atoms with Crippen molar-refractivity contribution in [1.29, 1.82) is 0 Å². The minimum absolute atomic E-state index is 0.157. The second-order valence-electron chi connectivity index (χ2n) is 4.11. The van der Waals surface area contributed by atoms with E-state index in [1.54, 1.807) is 24.3 Å². The van der Waals surface area contributed by atoms with Crippen LogP contribution in [-0.2, 0) is 0 Å². The van der Waals surface area contributed by atoms with Gasteiger partial charge in [0.25, 0.3) is 0 Å². The average molecular weight is 235 g/mol. The number of benzene rings is 1. The van der Waals surface area contributed by atoms with E-state index in [1.807, 2.05) is 0 Å². The number of carbonyl (C=O) groups is 1. The van der Waals surface area contributed by atoms with Crippen LogP contribution >= 0.6 is 0 Å². The molecule has 0 aliphatic carbocycles. The van der Waals surface area contributed by atoms with Crippen LogP contribution in [-0.4, -0.2) is 12.1 Å². The van der Waals surface area contributed by atoms with Crippen LogP contribution in [0.4, 0.5) is 16.2 Å². The van der Waals surface area contributed by atoms with Gasteiger partial charge in [0.15, 0.2) is 0 Å². The lowest BCUT2D eigenvalue weighted by Gasteiger charge is -2.16. The Morgan fingerprint density at radius 3 is 2.47 bits per heavy atom. The molecule has 4 heteroatoms. The summed E-state index contributed by atoms with van der Waals surface area (Å²) in [5.41, 5.74) is 7.01. The van der Waals surface area contributed by atoms with E-state index in [0.29, 0.717) is 5.69 Å². The summed E-state index contributed by atoms with van der Waals surface area (Å²) < 4.78 is 0. The maximum Gasteiger partial charge on any atom is 0.319 e. The van der Waals surface area contributed by atoms with Gasteiger partial charge in [-0.05, 0) is 37.1 Å². The van der Waals surface area contributed by atoms with Crippen molar-refractivity contribution >= 4 is 17.4 Å². The van der Waals surface area contributed by atoms with Crippen molar-refractivity contribution in [3.05, 3.63) is 24.3 Å². The summed E-state index contributed by atoms with van der Waals surface area (Å²) in [4.78, 5) is 11.7. The van der Waals surface area contributed by atoms with E-state index in [-0.39, 0.29) is 12.1 Å². The highest BCUT2D eigenvalue weighted by Gasteiger charge is 2.08. The van der Waals surface area contributed by atoms with Gasteiger partial charge in [0.05, 0.1) is 0 Å². The fraction of sp³-hybridized carbons (Fsp3) is 0.462. The van der Waals surface area contributed by atoms with Crippen LogP contribution in [0.1, 0.15) is 33.1 Å². The highest BCUT2D eigenvalue weighted by molar-refractivity contribution is 5.89. The number of nitrogen functional groups attached to an aromatic ring is 1. The van der Waals surface area contributed by atoms with Crippen LogP contribution in [0.2, 0.25) is 0 Å². The number of nitrogens with one attached hydrogen (secondary N) is 2. The molecular formula is C13H21N3O. The monoisotopic (exact) mass is 235 g/mol. The molecule has 4 N–H and O–H groups in total. The molecule has 94 valence electrons. The van der Waals surface area contributed by atoms with Crippen LogP contribution < -0.4 is 16.4 Å². The van der Waals surface area contributed by atoms with Gasteiger partial charge in [0.1, 0.15) is 0 Å². The van der Waals surface area contributed by atoms with E-state index in [1.165, 1.54) is 0 Å². The Kier molecular flexibility index (Phi) is 5.33. The van der Waals surface area contributed by atoms with Crippen molar-refractivity contribution in [2.75, 3.05) is 11.1 Å². The van der Waals surface area contributed by atoms with Crippen molar-refractivity contribution in [3.8, 4) is 0 Å². The second kappa shape index (κ2) is 6.78. The Balaban J connectivity index is 2.46. The molecule has 0 spiro atoms. The van der Waals surface area contributed by atoms with E-state index < -0.39 is 0 Å². The number of urea groups is 1. The van der Waals surface area contributed by atoms with Crippen molar-refractivity contribution in [2.45, 2.75) is 39.2 Å². The lowest BCUT2D eigenvalue weighted by Crippen LogP contribution is -2.37. The topological polar surface area (TPSA) is 67.2 Å². The van der Waals surface area contributed by atoms with Crippen molar-refractivity contribution in [1.82, 2.24) is 5.32 Å². The number of hydrogen-bond acceptors (Lipinski definition) is 2. The molecule has 1 rings (SSSR count). The molecule has 1 aromatic carbocycles. The molecular weight excluding hydrogens is 214 g/mol. The first-order valence-electron chi connectivity index (χ1n) is 6.08. The molecule has 0 aliphatic rings. The van der Waals surface area contributed by atoms with Crippen molar-refractivity contribution in [3.63, 3.8) is 0 Å². The summed E-state index contributed by atoms with van der Waals surface area (Å²) in [6, 6.07) is 7.19. The minimum Gasteiger partial charge on any atom is -0.399 e. The number of rotatable bonds is 5. The van der Waals surface area contributed by atoms with Gasteiger partial charge in [-0.3, -0.25) is 0 Å². The van der Waals surface area contributed by atoms with Crippen molar-refractivity contribution in [2.24, 2.45) is 0 Å². The predicted molar refractivity (Wildman–Crippen MR) is 72.0 cm³/mol. The molecule has 1 unspecified atom stereocenters. The van der Waals surface area contributed by atoms with Gasteiger partial charge in [-0.25, -0.2) is 4.79 Å². The Bertz CT molecular complexity index is 348. The lowest BCUT2D eigenvalue weighted by atomic mass is 10.1. The lowest BCUT2D eigenvalue weighted by molar-refractivity contribution is 0.247. The van der Waals surface area contributed by atoms with Crippen LogP contribution in [0.15, 0.2) is 24.3 Å². The number of anilines is 2. The molecule has 0 saturated carbocycles. The summed E-state index contributed by atoms with van der Waals surface area (Å²) in [5.74, 6) is 0. The average Bonchev–Trinajstić information content (AvgIpc) is 2.31. The Morgan fingerprint density at radius 1 is 1.29 bits per heavy atom. The number of carbonyl (C=O) groups excluding carboxylic acids is 1. The quantitative estimate of drug-likeness (QED) is 0.687. The Labute approximate surface area is 103 Å². The maximum atomic E-state index is 11.7. The molecule has 0 fully saturated rings. The third-order valence-corrected chi connectivity index (χ3v) is 2.63. The van der Waals surface area contributed by atoms with E-state index in [4.69, 9.17) is 5.73 Å². The zero-order valence-electron chi connectivity index (χ0n) is 10.5. The number of nitrogens with two attached hydrogens (primary N) is 1. The molecule has 0 aromatic heterocycles.